The lowest BCUT2D eigenvalue weighted by Gasteiger charge is -2.28. The summed E-state index contributed by atoms with van der Waals surface area (Å²) in [6.07, 6.45) is 7.35. The van der Waals surface area contributed by atoms with Gasteiger partial charge in [-0.1, -0.05) is 6.42 Å². The molecule has 0 aromatic heterocycles. The van der Waals surface area contributed by atoms with E-state index in [0.717, 1.165) is 24.8 Å². The third kappa shape index (κ3) is 1.80. The van der Waals surface area contributed by atoms with Crippen molar-refractivity contribution >= 4 is 0 Å². The molecular formula is C10H19NO. The summed E-state index contributed by atoms with van der Waals surface area (Å²) >= 11 is 0. The summed E-state index contributed by atoms with van der Waals surface area (Å²) in [5.41, 5.74) is 0. The van der Waals surface area contributed by atoms with Crippen molar-refractivity contribution in [3.05, 3.63) is 0 Å². The van der Waals surface area contributed by atoms with Crippen LogP contribution in [0.5, 0.6) is 0 Å². The minimum absolute atomic E-state index is 0.00118. The Labute approximate surface area is 74.4 Å². The largest absolute Gasteiger partial charge is 0.393 e. The van der Waals surface area contributed by atoms with Crippen LogP contribution >= 0.6 is 0 Å². The van der Waals surface area contributed by atoms with Crippen LogP contribution in [0.15, 0.2) is 0 Å². The molecular weight excluding hydrogens is 150 g/mol. The normalized spacial score (nSPS) is 43.2. The maximum atomic E-state index is 9.40. The number of hydrogen-bond acceptors (Lipinski definition) is 2. The first-order valence-electron chi connectivity index (χ1n) is 5.28. The molecule has 0 aromatic rings. The van der Waals surface area contributed by atoms with Crippen LogP contribution in [0.2, 0.25) is 0 Å². The molecule has 3 atom stereocenters. The number of aliphatic hydroxyl groups excluding tert-OH is 1. The van der Waals surface area contributed by atoms with E-state index in [0.29, 0.717) is 0 Å². The van der Waals surface area contributed by atoms with Gasteiger partial charge in [-0.2, -0.15) is 0 Å². The molecule has 1 aliphatic carbocycles. The van der Waals surface area contributed by atoms with Crippen molar-refractivity contribution < 1.29 is 5.11 Å². The van der Waals surface area contributed by atoms with Gasteiger partial charge in [-0.25, -0.2) is 0 Å². The predicted molar refractivity (Wildman–Crippen MR) is 49.0 cm³/mol. The molecule has 0 spiro atoms. The Hall–Kier alpha value is -0.0800. The smallest absolute Gasteiger partial charge is 0.0543 e. The van der Waals surface area contributed by atoms with Crippen molar-refractivity contribution in [1.82, 2.24) is 5.32 Å². The molecule has 2 N–H and O–H groups in total. The van der Waals surface area contributed by atoms with Gasteiger partial charge in [-0.15, -0.1) is 0 Å². The van der Waals surface area contributed by atoms with Crippen molar-refractivity contribution in [2.24, 2.45) is 5.92 Å². The lowest BCUT2D eigenvalue weighted by molar-refractivity contribution is 0.170. The zero-order valence-corrected chi connectivity index (χ0v) is 7.63. The molecule has 1 saturated heterocycles. The molecule has 2 heteroatoms. The van der Waals surface area contributed by atoms with Gasteiger partial charge in [0.15, 0.2) is 0 Å². The van der Waals surface area contributed by atoms with Gasteiger partial charge in [0.2, 0.25) is 0 Å². The topological polar surface area (TPSA) is 32.3 Å². The van der Waals surface area contributed by atoms with E-state index in [9.17, 15) is 5.11 Å². The first-order chi connectivity index (χ1) is 5.86. The lowest BCUT2D eigenvalue weighted by atomic mass is 9.91. The highest BCUT2D eigenvalue weighted by Gasteiger charge is 2.30. The molecule has 12 heavy (non-hydrogen) atoms. The Bertz CT molecular complexity index is 140. The van der Waals surface area contributed by atoms with Crippen molar-refractivity contribution in [1.29, 1.82) is 0 Å². The van der Waals surface area contributed by atoms with Crippen LogP contribution in [0.3, 0.4) is 0 Å². The molecule has 0 bridgehead atoms. The van der Waals surface area contributed by atoms with Crippen molar-refractivity contribution in [2.45, 2.75) is 50.7 Å². The summed E-state index contributed by atoms with van der Waals surface area (Å²) < 4.78 is 0. The summed E-state index contributed by atoms with van der Waals surface area (Å²) in [5, 5.41) is 13.0. The van der Waals surface area contributed by atoms with E-state index < -0.39 is 0 Å². The zero-order valence-electron chi connectivity index (χ0n) is 7.63. The van der Waals surface area contributed by atoms with Crippen LogP contribution in [0.1, 0.15) is 38.5 Å². The van der Waals surface area contributed by atoms with E-state index in [2.05, 4.69) is 5.32 Å². The van der Waals surface area contributed by atoms with Gasteiger partial charge in [0.05, 0.1) is 6.10 Å². The van der Waals surface area contributed by atoms with E-state index in [1.807, 2.05) is 0 Å². The monoisotopic (exact) mass is 169 g/mol. The molecule has 1 heterocycles. The van der Waals surface area contributed by atoms with Crippen LogP contribution in [0, 0.1) is 5.92 Å². The molecule has 0 radical (unpaired) electrons. The minimum Gasteiger partial charge on any atom is -0.393 e. The number of rotatable bonds is 1. The van der Waals surface area contributed by atoms with E-state index in [1.54, 1.807) is 0 Å². The quantitative estimate of drug-likeness (QED) is 0.620. The van der Waals surface area contributed by atoms with Crippen LogP contribution in [0.4, 0.5) is 0 Å². The van der Waals surface area contributed by atoms with Gasteiger partial charge < -0.3 is 10.4 Å². The van der Waals surface area contributed by atoms with Crippen molar-refractivity contribution in [2.75, 3.05) is 6.54 Å². The lowest BCUT2D eigenvalue weighted by Crippen LogP contribution is -2.39. The molecule has 70 valence electrons. The molecule has 2 fully saturated rings. The molecule has 2 rings (SSSR count). The Kier molecular flexibility index (Phi) is 2.66. The van der Waals surface area contributed by atoms with Crippen LogP contribution in [-0.2, 0) is 0 Å². The molecule has 1 aliphatic heterocycles. The van der Waals surface area contributed by atoms with Gasteiger partial charge in [0.25, 0.3) is 0 Å². The van der Waals surface area contributed by atoms with Gasteiger partial charge in [-0.3, -0.25) is 0 Å². The van der Waals surface area contributed by atoms with E-state index in [1.165, 1.54) is 32.2 Å². The Morgan fingerprint density at radius 2 is 2.00 bits per heavy atom. The maximum Gasteiger partial charge on any atom is 0.0543 e. The fourth-order valence-electron chi connectivity index (χ4n) is 2.64. The van der Waals surface area contributed by atoms with Gasteiger partial charge >= 0.3 is 0 Å². The Morgan fingerprint density at radius 3 is 2.58 bits per heavy atom. The minimum atomic E-state index is -0.00118. The average molecular weight is 169 g/mol. The Morgan fingerprint density at radius 1 is 1.08 bits per heavy atom. The van der Waals surface area contributed by atoms with E-state index in [4.69, 9.17) is 0 Å². The molecule has 1 saturated carbocycles. The van der Waals surface area contributed by atoms with Crippen molar-refractivity contribution in [3.63, 3.8) is 0 Å². The third-order valence-electron chi connectivity index (χ3n) is 3.36. The second-order valence-corrected chi connectivity index (χ2v) is 4.28. The second-order valence-electron chi connectivity index (χ2n) is 4.28. The summed E-state index contributed by atoms with van der Waals surface area (Å²) in [4.78, 5) is 0. The summed E-state index contributed by atoms with van der Waals surface area (Å²) in [5.74, 6) is 0.764. The highest BCUT2D eigenvalue weighted by atomic mass is 16.3. The molecule has 2 nitrogen and oxygen atoms in total. The summed E-state index contributed by atoms with van der Waals surface area (Å²) in [6, 6.07) is 0.718. The molecule has 0 amide bonds. The van der Waals surface area contributed by atoms with Crippen LogP contribution in [0.25, 0.3) is 0 Å². The summed E-state index contributed by atoms with van der Waals surface area (Å²) in [7, 11) is 0. The molecule has 2 aliphatic rings. The standard InChI is InChI=1S/C10H19NO/c12-9-5-4-8(7-9)10-3-1-2-6-11-10/h8-12H,1-7H2/t8?,9?,10-/m0/s1. The zero-order chi connectivity index (χ0) is 8.39. The second kappa shape index (κ2) is 3.75. The van der Waals surface area contributed by atoms with Crippen LogP contribution in [-0.4, -0.2) is 23.8 Å². The first kappa shape index (κ1) is 8.52. The average Bonchev–Trinajstić information content (AvgIpc) is 2.54. The van der Waals surface area contributed by atoms with Crippen LogP contribution < -0.4 is 5.32 Å². The van der Waals surface area contributed by atoms with Gasteiger partial charge in [-0.05, 0) is 44.6 Å². The van der Waals surface area contributed by atoms with Gasteiger partial charge in [0, 0.05) is 6.04 Å². The molecule has 2 unspecified atom stereocenters. The highest BCUT2D eigenvalue weighted by molar-refractivity contribution is 4.86. The van der Waals surface area contributed by atoms with E-state index in [-0.39, 0.29) is 6.10 Å². The number of aliphatic hydroxyl groups is 1. The maximum absolute atomic E-state index is 9.40. The van der Waals surface area contributed by atoms with Crippen molar-refractivity contribution in [3.8, 4) is 0 Å². The number of nitrogens with one attached hydrogen (secondary N) is 1. The summed E-state index contributed by atoms with van der Waals surface area (Å²) in [6.45, 7) is 1.19. The fourth-order valence-corrected chi connectivity index (χ4v) is 2.64. The number of piperidine rings is 1. The predicted octanol–water partition coefficient (Wildman–Crippen LogP) is 1.29. The van der Waals surface area contributed by atoms with E-state index >= 15 is 0 Å². The SMILES string of the molecule is OC1CCC([C@@H]2CCCCN2)C1. The molecule has 0 aromatic carbocycles. The Balaban J connectivity index is 1.83. The first-order valence-corrected chi connectivity index (χ1v) is 5.28. The van der Waals surface area contributed by atoms with Gasteiger partial charge in [0.1, 0.15) is 0 Å². The number of hydrogen-bond donors (Lipinski definition) is 2. The highest BCUT2D eigenvalue weighted by Crippen LogP contribution is 2.31. The third-order valence-corrected chi connectivity index (χ3v) is 3.36. The fraction of sp³-hybridized carbons (Fsp3) is 1.00.